The topological polar surface area (TPSA) is 27.8 Å². The van der Waals surface area contributed by atoms with Gasteiger partial charge in [-0.15, -0.1) is 0 Å². The van der Waals surface area contributed by atoms with Gasteiger partial charge in [-0.25, -0.2) is 0 Å². The van der Waals surface area contributed by atoms with Crippen LogP contribution in [0.3, 0.4) is 0 Å². The van der Waals surface area contributed by atoms with Crippen LogP contribution in [0.5, 0.6) is 0 Å². The number of aryl methyl sites for hydroxylation is 1. The summed E-state index contributed by atoms with van der Waals surface area (Å²) in [7, 11) is 0. The molecule has 3 aromatic rings. The first-order valence-corrected chi connectivity index (χ1v) is 8.20. The number of nitrogens with one attached hydrogen (secondary N) is 2. The lowest BCUT2D eigenvalue weighted by Gasteiger charge is -2.22. The fourth-order valence-electron chi connectivity index (χ4n) is 3.62. The second-order valence-electron chi connectivity index (χ2n) is 6.40. The zero-order valence-electron chi connectivity index (χ0n) is 13.0. The van der Waals surface area contributed by atoms with Crippen molar-refractivity contribution in [3.8, 4) is 11.1 Å². The Balaban J connectivity index is 1.79. The van der Waals surface area contributed by atoms with Crippen LogP contribution < -0.4 is 5.32 Å². The van der Waals surface area contributed by atoms with Gasteiger partial charge in [-0.05, 0) is 67.6 Å². The van der Waals surface area contributed by atoms with Crippen LogP contribution in [-0.4, -0.2) is 18.1 Å². The number of fused-ring (bicyclic) bond motifs is 1. The average Bonchev–Trinajstić information content (AvgIpc) is 2.99. The van der Waals surface area contributed by atoms with Crippen molar-refractivity contribution in [3.63, 3.8) is 0 Å². The van der Waals surface area contributed by atoms with E-state index in [2.05, 4.69) is 65.9 Å². The molecule has 2 nitrogen and oxygen atoms in total. The molecule has 2 aromatic carbocycles. The normalized spacial score (nSPS) is 16.2. The third-order valence-corrected chi connectivity index (χ3v) is 4.84. The van der Waals surface area contributed by atoms with E-state index in [9.17, 15) is 0 Å². The van der Waals surface area contributed by atoms with E-state index in [0.717, 1.165) is 13.1 Å². The predicted molar refractivity (Wildman–Crippen MR) is 93.3 cm³/mol. The van der Waals surface area contributed by atoms with Gasteiger partial charge < -0.3 is 10.3 Å². The van der Waals surface area contributed by atoms with E-state index in [1.54, 1.807) is 0 Å². The molecule has 22 heavy (non-hydrogen) atoms. The number of hydrogen-bond donors (Lipinski definition) is 2. The highest BCUT2D eigenvalue weighted by Gasteiger charge is 2.18. The van der Waals surface area contributed by atoms with Gasteiger partial charge in [0, 0.05) is 17.1 Å². The van der Waals surface area contributed by atoms with Gasteiger partial charge in [0.2, 0.25) is 0 Å². The van der Waals surface area contributed by atoms with Gasteiger partial charge in [-0.1, -0.05) is 35.9 Å². The van der Waals surface area contributed by atoms with Crippen molar-refractivity contribution in [1.29, 1.82) is 0 Å². The largest absolute Gasteiger partial charge is 0.361 e. The summed E-state index contributed by atoms with van der Waals surface area (Å²) in [6.07, 6.45) is 4.70. The molecule has 1 aliphatic rings. The maximum Gasteiger partial charge on any atom is 0.0457 e. The van der Waals surface area contributed by atoms with Crippen molar-refractivity contribution < 1.29 is 0 Å². The molecule has 0 amide bonds. The van der Waals surface area contributed by atoms with Crippen LogP contribution in [0.4, 0.5) is 0 Å². The first-order valence-electron chi connectivity index (χ1n) is 8.20. The second kappa shape index (κ2) is 5.62. The number of piperidine rings is 1. The summed E-state index contributed by atoms with van der Waals surface area (Å²) in [4.78, 5) is 3.46. The van der Waals surface area contributed by atoms with Crippen LogP contribution in [0.1, 0.15) is 29.9 Å². The van der Waals surface area contributed by atoms with Crippen LogP contribution in [0.25, 0.3) is 22.0 Å². The third-order valence-electron chi connectivity index (χ3n) is 4.84. The molecule has 0 radical (unpaired) electrons. The van der Waals surface area contributed by atoms with Crippen LogP contribution in [0, 0.1) is 6.92 Å². The quantitative estimate of drug-likeness (QED) is 0.708. The Hall–Kier alpha value is -2.06. The first kappa shape index (κ1) is 13.6. The average molecular weight is 290 g/mol. The molecule has 0 saturated carbocycles. The van der Waals surface area contributed by atoms with Gasteiger partial charge in [0.25, 0.3) is 0 Å². The maximum atomic E-state index is 3.46. The Morgan fingerprint density at radius 1 is 0.955 bits per heavy atom. The van der Waals surface area contributed by atoms with E-state index >= 15 is 0 Å². The van der Waals surface area contributed by atoms with E-state index in [1.165, 1.54) is 46.0 Å². The number of aromatic nitrogens is 1. The van der Waals surface area contributed by atoms with Gasteiger partial charge in [0.05, 0.1) is 0 Å². The summed E-state index contributed by atoms with van der Waals surface area (Å²) in [6.45, 7) is 4.42. The standard InChI is InChI=1S/C20H22N2/c1-14-3-2-4-16(11-14)17-5-6-20-18(12-17)19(13-22-20)15-7-9-21-10-8-15/h2-6,11-13,15,21-22H,7-10H2,1H3. The summed E-state index contributed by atoms with van der Waals surface area (Å²) in [5.41, 5.74) is 6.67. The van der Waals surface area contributed by atoms with Gasteiger partial charge >= 0.3 is 0 Å². The summed E-state index contributed by atoms with van der Waals surface area (Å²) < 4.78 is 0. The fourth-order valence-corrected chi connectivity index (χ4v) is 3.62. The fraction of sp³-hybridized carbons (Fsp3) is 0.300. The van der Waals surface area contributed by atoms with Gasteiger partial charge in [-0.3, -0.25) is 0 Å². The lowest BCUT2D eigenvalue weighted by Crippen LogP contribution is -2.26. The van der Waals surface area contributed by atoms with Gasteiger partial charge in [0.1, 0.15) is 0 Å². The number of rotatable bonds is 2. The van der Waals surface area contributed by atoms with E-state index < -0.39 is 0 Å². The highest BCUT2D eigenvalue weighted by Crippen LogP contribution is 2.33. The maximum absolute atomic E-state index is 3.46. The lowest BCUT2D eigenvalue weighted by molar-refractivity contribution is 0.462. The Morgan fingerprint density at radius 2 is 1.77 bits per heavy atom. The van der Waals surface area contributed by atoms with Crippen LogP contribution in [0.15, 0.2) is 48.7 Å². The smallest absolute Gasteiger partial charge is 0.0457 e. The van der Waals surface area contributed by atoms with Crippen molar-refractivity contribution in [3.05, 3.63) is 59.8 Å². The first-order chi connectivity index (χ1) is 10.8. The van der Waals surface area contributed by atoms with Crippen LogP contribution in [-0.2, 0) is 0 Å². The predicted octanol–water partition coefficient (Wildman–Crippen LogP) is 4.61. The molecule has 1 aromatic heterocycles. The highest BCUT2D eigenvalue weighted by atomic mass is 14.9. The van der Waals surface area contributed by atoms with Crippen LogP contribution >= 0.6 is 0 Å². The van der Waals surface area contributed by atoms with Crippen molar-refractivity contribution in [2.75, 3.05) is 13.1 Å². The van der Waals surface area contributed by atoms with E-state index in [-0.39, 0.29) is 0 Å². The Kier molecular flexibility index (Phi) is 3.47. The molecule has 0 aliphatic carbocycles. The molecule has 0 unspecified atom stereocenters. The molecule has 2 N–H and O–H groups in total. The van der Waals surface area contributed by atoms with Crippen molar-refractivity contribution in [2.45, 2.75) is 25.7 Å². The third kappa shape index (κ3) is 2.44. The van der Waals surface area contributed by atoms with Crippen molar-refractivity contribution in [2.24, 2.45) is 0 Å². The minimum absolute atomic E-state index is 0.683. The number of benzene rings is 2. The molecule has 1 aliphatic heterocycles. The highest BCUT2D eigenvalue weighted by molar-refractivity contribution is 5.88. The van der Waals surface area contributed by atoms with Gasteiger partial charge in [-0.2, -0.15) is 0 Å². The number of hydrogen-bond acceptors (Lipinski definition) is 1. The Bertz CT molecular complexity index is 794. The van der Waals surface area contributed by atoms with E-state index in [0.29, 0.717) is 5.92 Å². The summed E-state index contributed by atoms with van der Waals surface area (Å²) in [5, 5.41) is 4.85. The summed E-state index contributed by atoms with van der Waals surface area (Å²) in [5.74, 6) is 0.683. The monoisotopic (exact) mass is 290 g/mol. The zero-order chi connectivity index (χ0) is 14.9. The molecule has 112 valence electrons. The molecule has 4 rings (SSSR count). The molecule has 1 saturated heterocycles. The number of aromatic amines is 1. The van der Waals surface area contributed by atoms with Crippen molar-refractivity contribution in [1.82, 2.24) is 10.3 Å². The minimum Gasteiger partial charge on any atom is -0.361 e. The molecule has 0 spiro atoms. The van der Waals surface area contributed by atoms with Gasteiger partial charge in [0.15, 0.2) is 0 Å². The van der Waals surface area contributed by atoms with Crippen molar-refractivity contribution >= 4 is 10.9 Å². The molecule has 0 atom stereocenters. The van der Waals surface area contributed by atoms with E-state index in [4.69, 9.17) is 0 Å². The lowest BCUT2D eigenvalue weighted by atomic mass is 9.89. The Morgan fingerprint density at radius 3 is 2.59 bits per heavy atom. The molecule has 1 fully saturated rings. The molecule has 0 bridgehead atoms. The zero-order valence-corrected chi connectivity index (χ0v) is 13.0. The molecular formula is C20H22N2. The van der Waals surface area contributed by atoms with E-state index in [1.807, 2.05) is 0 Å². The molecule has 2 heterocycles. The summed E-state index contributed by atoms with van der Waals surface area (Å²) in [6, 6.07) is 15.6. The SMILES string of the molecule is Cc1cccc(-c2ccc3[nH]cc(C4CCNCC4)c3c2)c1. The summed E-state index contributed by atoms with van der Waals surface area (Å²) >= 11 is 0. The molecule has 2 heteroatoms. The van der Waals surface area contributed by atoms with Crippen LogP contribution in [0.2, 0.25) is 0 Å². The minimum atomic E-state index is 0.683. The molecular weight excluding hydrogens is 268 g/mol. The number of H-pyrrole nitrogens is 1. The Labute approximate surface area is 131 Å². The second-order valence-corrected chi connectivity index (χ2v) is 6.40.